The number of methoxy groups -OCH3 is 1. The summed E-state index contributed by atoms with van der Waals surface area (Å²) < 4.78 is 5.17. The summed E-state index contributed by atoms with van der Waals surface area (Å²) in [5.74, 6) is 0.225. The molecule has 5 nitrogen and oxygen atoms in total. The molecule has 0 spiro atoms. The molecule has 1 aromatic rings. The topological polar surface area (TPSA) is 84.6 Å². The van der Waals surface area contributed by atoms with E-state index in [1.54, 1.807) is 0 Å². The van der Waals surface area contributed by atoms with Gasteiger partial charge in [0.25, 0.3) is 5.91 Å². The minimum absolute atomic E-state index is 0.109. The van der Waals surface area contributed by atoms with Gasteiger partial charge in [-0.05, 0) is 18.9 Å². The van der Waals surface area contributed by atoms with Crippen LogP contribution in [0.4, 0.5) is 5.69 Å². The van der Waals surface area contributed by atoms with Gasteiger partial charge in [0.2, 0.25) is 0 Å². The molecule has 0 heterocycles. The summed E-state index contributed by atoms with van der Waals surface area (Å²) in [5, 5.41) is 13.1. The zero-order valence-electron chi connectivity index (χ0n) is 12.1. The number of anilines is 1. The Morgan fingerprint density at radius 1 is 1.48 bits per heavy atom. The number of aliphatic hydroxyl groups excluding tert-OH is 1. The summed E-state index contributed by atoms with van der Waals surface area (Å²) in [6.45, 7) is 0.450. The minimum atomic E-state index is -0.337. The van der Waals surface area contributed by atoms with E-state index in [-0.39, 0.29) is 17.9 Å². The predicted molar refractivity (Wildman–Crippen MR) is 82.7 cm³/mol. The molecule has 0 aromatic heterocycles. The predicted octanol–water partition coefficient (Wildman–Crippen LogP) is 2.21. The number of aliphatic hydroxyl groups is 1. The lowest BCUT2D eigenvalue weighted by molar-refractivity contribution is 0.0662. The van der Waals surface area contributed by atoms with Crippen LogP contribution in [0.25, 0.3) is 0 Å². The maximum Gasteiger partial charge on any atom is 0.255 e. The molecule has 1 amide bonds. The first kappa shape index (κ1) is 15.9. The van der Waals surface area contributed by atoms with Gasteiger partial charge in [0.1, 0.15) is 5.75 Å². The number of halogens is 1. The first-order valence-electron chi connectivity index (χ1n) is 7.12. The quantitative estimate of drug-likeness (QED) is 0.744. The summed E-state index contributed by atoms with van der Waals surface area (Å²) in [6.07, 6.45) is 3.54. The van der Waals surface area contributed by atoms with Crippen LogP contribution in [0, 0.1) is 5.92 Å². The third-order valence-corrected chi connectivity index (χ3v) is 4.28. The van der Waals surface area contributed by atoms with Crippen molar-refractivity contribution in [2.45, 2.75) is 31.8 Å². The van der Waals surface area contributed by atoms with Gasteiger partial charge in [0, 0.05) is 18.5 Å². The number of amides is 1. The standard InChI is InChI=1S/C15H21ClN2O3/c1-21-14-7-12(17)11(16)6-10(14)15(20)18-8-9-4-2-3-5-13(9)19/h6-7,9,13,19H,2-5,8,17H2,1H3,(H,18,20). The molecule has 1 saturated carbocycles. The van der Waals surface area contributed by atoms with Crippen molar-refractivity contribution in [1.82, 2.24) is 5.32 Å². The van der Waals surface area contributed by atoms with Crippen LogP contribution in [0.1, 0.15) is 36.0 Å². The van der Waals surface area contributed by atoms with E-state index in [2.05, 4.69) is 5.32 Å². The van der Waals surface area contributed by atoms with Crippen molar-refractivity contribution in [3.8, 4) is 5.75 Å². The molecule has 21 heavy (non-hydrogen) atoms. The van der Waals surface area contributed by atoms with E-state index in [1.165, 1.54) is 19.2 Å². The molecule has 1 aromatic carbocycles. The lowest BCUT2D eigenvalue weighted by Gasteiger charge is -2.27. The molecular formula is C15H21ClN2O3. The van der Waals surface area contributed by atoms with Crippen LogP contribution in [-0.4, -0.2) is 30.8 Å². The number of benzene rings is 1. The van der Waals surface area contributed by atoms with Gasteiger partial charge in [0.15, 0.2) is 0 Å². The minimum Gasteiger partial charge on any atom is -0.496 e. The molecule has 6 heteroatoms. The molecule has 0 aliphatic heterocycles. The van der Waals surface area contributed by atoms with Crippen molar-refractivity contribution >= 4 is 23.2 Å². The lowest BCUT2D eigenvalue weighted by Crippen LogP contribution is -2.36. The van der Waals surface area contributed by atoms with E-state index in [0.717, 1.165) is 25.7 Å². The average molecular weight is 313 g/mol. The smallest absolute Gasteiger partial charge is 0.255 e. The van der Waals surface area contributed by atoms with Crippen molar-refractivity contribution in [3.63, 3.8) is 0 Å². The Labute approximate surface area is 129 Å². The van der Waals surface area contributed by atoms with Crippen LogP contribution in [0.5, 0.6) is 5.75 Å². The zero-order valence-corrected chi connectivity index (χ0v) is 12.8. The van der Waals surface area contributed by atoms with Crippen LogP contribution >= 0.6 is 11.6 Å². The lowest BCUT2D eigenvalue weighted by atomic mass is 9.86. The number of hydrogen-bond donors (Lipinski definition) is 3. The number of hydrogen-bond acceptors (Lipinski definition) is 4. The molecule has 0 saturated heterocycles. The van der Waals surface area contributed by atoms with E-state index < -0.39 is 0 Å². The van der Waals surface area contributed by atoms with Crippen LogP contribution in [0.3, 0.4) is 0 Å². The first-order chi connectivity index (χ1) is 10.0. The second-order valence-electron chi connectivity index (χ2n) is 5.40. The number of nitrogens with two attached hydrogens (primary N) is 1. The maximum absolute atomic E-state index is 12.3. The molecule has 0 radical (unpaired) electrons. The fourth-order valence-electron chi connectivity index (χ4n) is 2.66. The molecule has 2 atom stereocenters. The number of nitrogen functional groups attached to an aromatic ring is 1. The van der Waals surface area contributed by atoms with Gasteiger partial charge in [-0.25, -0.2) is 0 Å². The Morgan fingerprint density at radius 2 is 2.19 bits per heavy atom. The molecular weight excluding hydrogens is 292 g/mol. The average Bonchev–Trinajstić information content (AvgIpc) is 2.48. The van der Waals surface area contributed by atoms with Crippen molar-refractivity contribution in [3.05, 3.63) is 22.7 Å². The Bertz CT molecular complexity index is 522. The third kappa shape index (κ3) is 3.80. The molecule has 116 valence electrons. The molecule has 4 N–H and O–H groups in total. The maximum atomic E-state index is 12.3. The molecule has 2 unspecified atom stereocenters. The number of carbonyl (C=O) groups is 1. The second kappa shape index (κ2) is 7.00. The highest BCUT2D eigenvalue weighted by Gasteiger charge is 2.24. The summed E-state index contributed by atoms with van der Waals surface area (Å²) in [7, 11) is 1.48. The Hall–Kier alpha value is -1.46. The van der Waals surface area contributed by atoms with Gasteiger partial charge in [-0.1, -0.05) is 24.4 Å². The van der Waals surface area contributed by atoms with Gasteiger partial charge in [0.05, 0.1) is 29.5 Å². The molecule has 1 aliphatic rings. The van der Waals surface area contributed by atoms with E-state index >= 15 is 0 Å². The van der Waals surface area contributed by atoms with E-state index in [1.807, 2.05) is 0 Å². The summed E-state index contributed by atoms with van der Waals surface area (Å²) in [6, 6.07) is 3.04. The van der Waals surface area contributed by atoms with Crippen molar-refractivity contribution in [2.24, 2.45) is 5.92 Å². The summed E-state index contributed by atoms with van der Waals surface area (Å²) in [4.78, 5) is 12.3. The highest BCUT2D eigenvalue weighted by atomic mass is 35.5. The SMILES string of the molecule is COc1cc(N)c(Cl)cc1C(=O)NCC1CCCCC1O. The molecule has 1 fully saturated rings. The number of nitrogens with one attached hydrogen (secondary N) is 1. The third-order valence-electron chi connectivity index (χ3n) is 3.96. The van der Waals surface area contributed by atoms with Crippen LogP contribution in [0.2, 0.25) is 5.02 Å². The first-order valence-corrected chi connectivity index (χ1v) is 7.50. The van der Waals surface area contributed by atoms with Gasteiger partial charge in [-0.2, -0.15) is 0 Å². The second-order valence-corrected chi connectivity index (χ2v) is 5.80. The number of carbonyl (C=O) groups excluding carboxylic acids is 1. The van der Waals surface area contributed by atoms with Crippen molar-refractivity contribution < 1.29 is 14.6 Å². The van der Waals surface area contributed by atoms with E-state index in [4.69, 9.17) is 22.1 Å². The number of rotatable bonds is 4. The summed E-state index contributed by atoms with van der Waals surface area (Å²) in [5.41, 5.74) is 6.41. The molecule has 0 bridgehead atoms. The normalized spacial score (nSPS) is 21.9. The van der Waals surface area contributed by atoms with Crippen LogP contribution in [0.15, 0.2) is 12.1 Å². The van der Waals surface area contributed by atoms with Crippen LogP contribution in [-0.2, 0) is 0 Å². The fourth-order valence-corrected chi connectivity index (χ4v) is 2.82. The number of ether oxygens (including phenoxy) is 1. The van der Waals surface area contributed by atoms with Crippen molar-refractivity contribution in [2.75, 3.05) is 19.4 Å². The molecule has 1 aliphatic carbocycles. The highest BCUT2D eigenvalue weighted by molar-refractivity contribution is 6.33. The zero-order chi connectivity index (χ0) is 15.4. The largest absolute Gasteiger partial charge is 0.496 e. The Balaban J connectivity index is 2.04. The Morgan fingerprint density at radius 3 is 2.86 bits per heavy atom. The van der Waals surface area contributed by atoms with Gasteiger partial charge in [-0.3, -0.25) is 4.79 Å². The van der Waals surface area contributed by atoms with E-state index in [9.17, 15) is 9.90 Å². The summed E-state index contributed by atoms with van der Waals surface area (Å²) >= 11 is 5.96. The molecule has 2 rings (SSSR count). The Kier molecular flexibility index (Phi) is 5.31. The highest BCUT2D eigenvalue weighted by Crippen LogP contribution is 2.29. The van der Waals surface area contributed by atoms with Crippen LogP contribution < -0.4 is 15.8 Å². The fraction of sp³-hybridized carbons (Fsp3) is 0.533. The van der Waals surface area contributed by atoms with Gasteiger partial charge >= 0.3 is 0 Å². The van der Waals surface area contributed by atoms with Gasteiger partial charge in [-0.15, -0.1) is 0 Å². The van der Waals surface area contributed by atoms with Crippen molar-refractivity contribution in [1.29, 1.82) is 0 Å². The van der Waals surface area contributed by atoms with Gasteiger partial charge < -0.3 is 20.9 Å². The monoisotopic (exact) mass is 312 g/mol. The van der Waals surface area contributed by atoms with E-state index in [0.29, 0.717) is 28.6 Å².